The molecule has 0 radical (unpaired) electrons. The van der Waals surface area contributed by atoms with Crippen LogP contribution in [0.5, 0.6) is 0 Å². The van der Waals surface area contributed by atoms with E-state index in [9.17, 15) is 0 Å². The molecule has 4 rings (SSSR count). The molecule has 0 amide bonds. The van der Waals surface area contributed by atoms with Crippen LogP contribution in [-0.4, -0.2) is 41.4 Å². The summed E-state index contributed by atoms with van der Waals surface area (Å²) < 4.78 is 2.05. The first-order chi connectivity index (χ1) is 15.5. The lowest BCUT2D eigenvalue weighted by Gasteiger charge is -2.12. The minimum atomic E-state index is 0.150. The van der Waals surface area contributed by atoms with Crippen LogP contribution in [-0.2, 0) is 13.0 Å². The van der Waals surface area contributed by atoms with E-state index >= 15 is 0 Å². The zero-order valence-electron chi connectivity index (χ0n) is 18.9. The number of tetrazole rings is 1. The van der Waals surface area contributed by atoms with Gasteiger partial charge in [0.15, 0.2) is 11.6 Å². The summed E-state index contributed by atoms with van der Waals surface area (Å²) in [6.07, 6.45) is 2.72. The van der Waals surface area contributed by atoms with Crippen LogP contribution in [0.4, 0.5) is 0 Å². The molecule has 0 saturated heterocycles. The van der Waals surface area contributed by atoms with Gasteiger partial charge in [0.05, 0.1) is 6.54 Å². The van der Waals surface area contributed by atoms with Gasteiger partial charge in [-0.1, -0.05) is 62.4 Å². The highest BCUT2D eigenvalue weighted by atomic mass is 15.5. The quantitative estimate of drug-likeness (QED) is 0.416. The Balaban J connectivity index is 1.57. The summed E-state index contributed by atoms with van der Waals surface area (Å²) in [6, 6.07) is 16.8. The van der Waals surface area contributed by atoms with Gasteiger partial charge in [0, 0.05) is 23.9 Å². The van der Waals surface area contributed by atoms with Crippen molar-refractivity contribution in [2.24, 2.45) is 5.73 Å². The van der Waals surface area contributed by atoms with Gasteiger partial charge in [-0.3, -0.25) is 0 Å². The number of nitrogens with zero attached hydrogens (tertiary/aromatic N) is 6. The third-order valence-electron chi connectivity index (χ3n) is 5.75. The molecule has 2 unspecified atom stereocenters. The molecule has 0 aliphatic carbocycles. The number of hydrogen-bond donors (Lipinski definition) is 2. The average Bonchev–Trinajstić information content (AvgIpc) is 3.48. The van der Waals surface area contributed by atoms with Crippen molar-refractivity contribution in [2.45, 2.75) is 58.5 Å². The van der Waals surface area contributed by atoms with Crippen LogP contribution in [0.25, 0.3) is 22.5 Å². The van der Waals surface area contributed by atoms with Gasteiger partial charge in [-0.2, -0.15) is 5.10 Å². The molecule has 4 aromatic rings. The average molecular weight is 431 g/mol. The second-order valence-electron chi connectivity index (χ2n) is 8.36. The van der Waals surface area contributed by atoms with Crippen LogP contribution in [0.3, 0.4) is 0 Å². The molecular weight excluding hydrogens is 400 g/mol. The lowest BCUT2D eigenvalue weighted by molar-refractivity contribution is 0.573. The van der Waals surface area contributed by atoms with Gasteiger partial charge in [-0.05, 0) is 46.9 Å². The maximum atomic E-state index is 5.92. The molecule has 0 fully saturated rings. The molecule has 2 atom stereocenters. The Morgan fingerprint density at radius 1 is 1.03 bits per heavy atom. The maximum Gasteiger partial charge on any atom is 0.180 e. The molecule has 0 bridgehead atoms. The number of aryl methyl sites for hydroxylation is 1. The van der Waals surface area contributed by atoms with Crippen molar-refractivity contribution in [2.75, 3.05) is 0 Å². The molecule has 166 valence electrons. The predicted molar refractivity (Wildman–Crippen MR) is 125 cm³/mol. The van der Waals surface area contributed by atoms with Crippen LogP contribution in [0, 0.1) is 0 Å². The normalized spacial score (nSPS) is 13.2. The molecule has 0 aliphatic rings. The Morgan fingerprint density at radius 2 is 1.78 bits per heavy atom. The van der Waals surface area contributed by atoms with Crippen molar-refractivity contribution in [3.8, 4) is 22.5 Å². The second-order valence-corrected chi connectivity index (χ2v) is 8.36. The number of hydrogen-bond acceptors (Lipinski definition) is 6. The van der Waals surface area contributed by atoms with Crippen molar-refractivity contribution >= 4 is 0 Å². The molecule has 8 heteroatoms. The minimum absolute atomic E-state index is 0.150. The number of rotatable bonds is 9. The summed E-state index contributed by atoms with van der Waals surface area (Å²) in [6.45, 7) is 7.10. The molecule has 3 N–H and O–H groups in total. The van der Waals surface area contributed by atoms with E-state index in [2.05, 4.69) is 64.8 Å². The molecule has 2 heterocycles. The monoisotopic (exact) mass is 430 g/mol. The van der Waals surface area contributed by atoms with E-state index in [-0.39, 0.29) is 6.04 Å². The van der Waals surface area contributed by atoms with Crippen molar-refractivity contribution in [3.63, 3.8) is 0 Å². The van der Waals surface area contributed by atoms with Gasteiger partial charge in [0.2, 0.25) is 0 Å². The molecule has 32 heavy (non-hydrogen) atoms. The van der Waals surface area contributed by atoms with Crippen molar-refractivity contribution in [3.05, 3.63) is 65.7 Å². The summed E-state index contributed by atoms with van der Waals surface area (Å²) in [4.78, 5) is 4.83. The summed E-state index contributed by atoms with van der Waals surface area (Å²) in [5.74, 6) is 2.93. The Hall–Kier alpha value is -3.39. The van der Waals surface area contributed by atoms with E-state index < -0.39 is 0 Å². The number of aromatic amines is 1. The first-order valence-electron chi connectivity index (χ1n) is 11.2. The fraction of sp³-hybridized carbons (Fsp3) is 0.375. The molecule has 0 saturated carbocycles. The first kappa shape index (κ1) is 21.8. The highest BCUT2D eigenvalue weighted by Gasteiger charge is 2.16. The summed E-state index contributed by atoms with van der Waals surface area (Å²) in [5, 5.41) is 19.1. The lowest BCUT2D eigenvalue weighted by Crippen LogP contribution is -2.15. The third kappa shape index (κ3) is 4.91. The first-order valence-corrected chi connectivity index (χ1v) is 11.2. The predicted octanol–water partition coefficient (Wildman–Crippen LogP) is 3.97. The number of H-pyrrole nitrogens is 1. The Morgan fingerprint density at radius 3 is 2.44 bits per heavy atom. The Labute approximate surface area is 188 Å². The molecule has 2 aromatic carbocycles. The van der Waals surface area contributed by atoms with Gasteiger partial charge >= 0.3 is 0 Å². The van der Waals surface area contributed by atoms with E-state index in [0.717, 1.165) is 47.6 Å². The number of nitrogens with one attached hydrogen (secondary N) is 1. The summed E-state index contributed by atoms with van der Waals surface area (Å²) in [5.41, 5.74) is 10.3. The topological polar surface area (TPSA) is 111 Å². The zero-order chi connectivity index (χ0) is 22.5. The smallest absolute Gasteiger partial charge is 0.180 e. The molecule has 8 nitrogen and oxygen atoms in total. The van der Waals surface area contributed by atoms with Crippen LogP contribution in [0.2, 0.25) is 0 Å². The SMILES string of the molecule is CCC(C)c1nc(CCC(C)N)nn1Cc1ccc(-c2ccccc2-c2nnn[nH]2)cc1. The number of benzene rings is 2. The third-order valence-corrected chi connectivity index (χ3v) is 5.75. The van der Waals surface area contributed by atoms with Gasteiger partial charge in [0.1, 0.15) is 5.82 Å². The molecule has 0 spiro atoms. The maximum absolute atomic E-state index is 5.92. The lowest BCUT2D eigenvalue weighted by atomic mass is 9.98. The minimum Gasteiger partial charge on any atom is -0.328 e. The second kappa shape index (κ2) is 9.82. The fourth-order valence-electron chi connectivity index (χ4n) is 3.71. The standard InChI is InChI=1S/C24H30N8/c1-4-16(2)24-26-22(14-9-17(3)25)29-32(24)15-18-10-12-19(13-11-18)20-7-5-6-8-21(20)23-27-30-31-28-23/h5-8,10-13,16-17H,4,9,14-15,25H2,1-3H3,(H,27,28,30,31). The van der Waals surface area contributed by atoms with E-state index in [1.807, 2.05) is 29.8 Å². The Bertz CT molecular complexity index is 1130. The van der Waals surface area contributed by atoms with Crippen LogP contribution >= 0.6 is 0 Å². The highest BCUT2D eigenvalue weighted by Crippen LogP contribution is 2.30. The molecule has 2 aromatic heterocycles. The highest BCUT2D eigenvalue weighted by molar-refractivity contribution is 5.80. The zero-order valence-corrected chi connectivity index (χ0v) is 18.9. The number of nitrogens with two attached hydrogens (primary N) is 1. The van der Waals surface area contributed by atoms with Crippen LogP contribution in [0.1, 0.15) is 56.7 Å². The van der Waals surface area contributed by atoms with E-state index in [0.29, 0.717) is 18.3 Å². The van der Waals surface area contributed by atoms with E-state index in [1.54, 1.807) is 0 Å². The Kier molecular flexibility index (Phi) is 6.70. The molecular formula is C24H30N8. The summed E-state index contributed by atoms with van der Waals surface area (Å²) in [7, 11) is 0. The van der Waals surface area contributed by atoms with Crippen molar-refractivity contribution in [1.82, 2.24) is 35.4 Å². The van der Waals surface area contributed by atoms with Crippen molar-refractivity contribution < 1.29 is 0 Å². The van der Waals surface area contributed by atoms with E-state index in [4.69, 9.17) is 15.8 Å². The van der Waals surface area contributed by atoms with Crippen LogP contribution < -0.4 is 5.73 Å². The fourth-order valence-corrected chi connectivity index (χ4v) is 3.71. The van der Waals surface area contributed by atoms with Crippen LogP contribution in [0.15, 0.2) is 48.5 Å². The molecule has 0 aliphatic heterocycles. The van der Waals surface area contributed by atoms with Gasteiger partial charge in [-0.25, -0.2) is 14.8 Å². The summed E-state index contributed by atoms with van der Waals surface area (Å²) >= 11 is 0. The largest absolute Gasteiger partial charge is 0.328 e. The number of aromatic nitrogens is 7. The van der Waals surface area contributed by atoms with Gasteiger partial charge < -0.3 is 5.73 Å². The van der Waals surface area contributed by atoms with Crippen molar-refractivity contribution in [1.29, 1.82) is 0 Å². The van der Waals surface area contributed by atoms with E-state index in [1.165, 1.54) is 5.56 Å². The van der Waals surface area contributed by atoms with Gasteiger partial charge in [0.25, 0.3) is 0 Å². The van der Waals surface area contributed by atoms with Gasteiger partial charge in [-0.15, -0.1) is 5.10 Å².